The Kier molecular flexibility index (Phi) is 14.8. The van der Waals surface area contributed by atoms with Crippen molar-refractivity contribution in [2.24, 2.45) is 10.8 Å². The number of nitrogens with zero attached hydrogens (tertiary/aromatic N) is 2. The maximum atomic E-state index is 11.2. The van der Waals surface area contributed by atoms with E-state index in [1.165, 1.54) is 25.5 Å². The van der Waals surface area contributed by atoms with E-state index < -0.39 is 28.9 Å². The topological polar surface area (TPSA) is 153 Å². The molecule has 0 fully saturated rings. The van der Waals surface area contributed by atoms with E-state index in [1.807, 2.05) is 63.2 Å². The molecule has 11 heteroatoms. The number of halogens is 1. The molecule has 2 atom stereocenters. The molecule has 4 aromatic rings. The van der Waals surface area contributed by atoms with E-state index in [0.29, 0.717) is 5.69 Å². The molecule has 0 aliphatic rings. The molecule has 51 heavy (non-hydrogen) atoms. The SMILES string of the molecule is C=CC(C)(C)C(=O)O.CC(=O)O[C@H](C)c1ccc2c(C)cc(/C=C/C(C)(C)C(=O)O)cc2n1.CC(=O)O[C@H](C)c1ccc2c(C)cc(Br)cc2n1. The van der Waals surface area contributed by atoms with Crippen molar-refractivity contribution in [1.82, 2.24) is 9.97 Å². The molecule has 10 nitrogen and oxygen atoms in total. The molecule has 0 radical (unpaired) electrons. The van der Waals surface area contributed by atoms with Crippen LogP contribution in [0.15, 0.2) is 71.7 Å². The highest BCUT2D eigenvalue weighted by atomic mass is 79.9. The standard InChI is InChI=1S/C20H23NO4.C14H14BrNO2.C6H10O2/c1-12-10-15(8-9-20(4,5)19(23)24)11-18-16(12)6-7-17(21-18)13(2)25-14(3)22;1-8-6-11(15)7-14-12(8)4-5-13(16-14)9(2)18-10(3)17;1-4-6(2,3)5(7)8/h6-11,13H,1-5H3,(H,23,24);4-7,9H,1-3H3;4H,1H2,2-3H3,(H,7,8)/b9-8+;;/t13-;9-;/m11./s1. The zero-order valence-corrected chi connectivity index (χ0v) is 32.4. The van der Waals surface area contributed by atoms with E-state index in [1.54, 1.807) is 46.8 Å². The quantitative estimate of drug-likeness (QED) is 0.125. The highest BCUT2D eigenvalue weighted by molar-refractivity contribution is 9.10. The molecule has 2 aromatic carbocycles. The number of hydrogen-bond donors (Lipinski definition) is 2. The Labute approximate surface area is 307 Å². The van der Waals surface area contributed by atoms with Crippen molar-refractivity contribution in [1.29, 1.82) is 0 Å². The first kappa shape index (κ1) is 42.3. The van der Waals surface area contributed by atoms with Crippen LogP contribution >= 0.6 is 15.9 Å². The number of carboxylic acids is 2. The molecule has 0 saturated carbocycles. The number of benzene rings is 2. The predicted molar refractivity (Wildman–Crippen MR) is 203 cm³/mol. The molecule has 0 unspecified atom stereocenters. The van der Waals surface area contributed by atoms with Crippen LogP contribution in [-0.2, 0) is 28.7 Å². The number of hydrogen-bond acceptors (Lipinski definition) is 8. The normalized spacial score (nSPS) is 12.5. The van der Waals surface area contributed by atoms with Crippen molar-refractivity contribution in [3.63, 3.8) is 0 Å². The fraction of sp³-hybridized carbons (Fsp3) is 0.350. The smallest absolute Gasteiger partial charge is 0.312 e. The lowest BCUT2D eigenvalue weighted by Crippen LogP contribution is -2.20. The second-order valence-corrected chi connectivity index (χ2v) is 14.2. The van der Waals surface area contributed by atoms with Crippen molar-refractivity contribution in [2.45, 2.75) is 81.4 Å². The lowest BCUT2D eigenvalue weighted by Gasteiger charge is -2.14. The molecule has 0 saturated heterocycles. The predicted octanol–water partition coefficient (Wildman–Crippen LogP) is 9.50. The second-order valence-electron chi connectivity index (χ2n) is 13.3. The molecular weight excluding hydrogens is 716 g/mol. The Morgan fingerprint density at radius 1 is 0.745 bits per heavy atom. The van der Waals surface area contributed by atoms with Crippen molar-refractivity contribution < 1.29 is 38.9 Å². The minimum atomic E-state index is -0.942. The number of pyridine rings is 2. The van der Waals surface area contributed by atoms with Crippen LogP contribution in [0.5, 0.6) is 0 Å². The van der Waals surface area contributed by atoms with Gasteiger partial charge in [0.15, 0.2) is 0 Å². The Morgan fingerprint density at radius 2 is 1.18 bits per heavy atom. The monoisotopic (exact) mass is 762 g/mol. The van der Waals surface area contributed by atoms with Crippen molar-refractivity contribution in [3.05, 3.63) is 99.8 Å². The zero-order chi connectivity index (χ0) is 38.8. The van der Waals surface area contributed by atoms with Crippen molar-refractivity contribution in [2.75, 3.05) is 0 Å². The third-order valence-corrected chi connectivity index (χ3v) is 8.34. The summed E-state index contributed by atoms with van der Waals surface area (Å²) in [5.41, 5.74) is 4.49. The van der Waals surface area contributed by atoms with Crippen LogP contribution in [0.1, 0.15) is 95.7 Å². The Balaban J connectivity index is 0.000000301. The number of esters is 2. The second kappa shape index (κ2) is 17.8. The van der Waals surface area contributed by atoms with Crippen LogP contribution in [0.3, 0.4) is 0 Å². The van der Waals surface area contributed by atoms with Crippen LogP contribution in [0, 0.1) is 24.7 Å². The van der Waals surface area contributed by atoms with Gasteiger partial charge in [0.1, 0.15) is 12.2 Å². The molecule has 4 rings (SSSR count). The number of carboxylic acid groups (broad SMARTS) is 2. The lowest BCUT2D eigenvalue weighted by molar-refractivity contribution is -0.147. The molecule has 2 heterocycles. The molecule has 2 aromatic heterocycles. The van der Waals surface area contributed by atoms with E-state index in [4.69, 9.17) is 14.6 Å². The largest absolute Gasteiger partial charge is 0.481 e. The number of aliphatic carboxylic acids is 2. The average molecular weight is 764 g/mol. The summed E-state index contributed by atoms with van der Waals surface area (Å²) in [6.07, 6.45) is 4.12. The Hall–Kier alpha value is -4.90. The summed E-state index contributed by atoms with van der Waals surface area (Å²) in [5.74, 6) is -2.36. The fourth-order valence-corrected chi connectivity index (χ4v) is 5.04. The minimum Gasteiger partial charge on any atom is -0.481 e. The van der Waals surface area contributed by atoms with Crippen molar-refractivity contribution >= 4 is 67.7 Å². The summed E-state index contributed by atoms with van der Waals surface area (Å²) in [4.78, 5) is 52.6. The molecule has 0 spiro atoms. The number of ether oxygens (including phenoxy) is 2. The van der Waals surface area contributed by atoms with E-state index in [-0.39, 0.29) is 18.0 Å². The summed E-state index contributed by atoms with van der Waals surface area (Å²) in [5, 5.41) is 19.7. The summed E-state index contributed by atoms with van der Waals surface area (Å²) in [6, 6.07) is 15.6. The molecule has 0 aliphatic carbocycles. The summed E-state index contributed by atoms with van der Waals surface area (Å²) >= 11 is 3.46. The summed E-state index contributed by atoms with van der Waals surface area (Å²) < 4.78 is 11.3. The average Bonchev–Trinajstić information content (AvgIpc) is 3.03. The summed E-state index contributed by atoms with van der Waals surface area (Å²) in [7, 11) is 0. The zero-order valence-electron chi connectivity index (χ0n) is 30.8. The van der Waals surface area contributed by atoms with Crippen LogP contribution in [0.25, 0.3) is 27.9 Å². The number of carbonyl (C=O) groups is 4. The first-order valence-corrected chi connectivity index (χ1v) is 17.0. The first-order chi connectivity index (χ1) is 23.6. The van der Waals surface area contributed by atoms with Crippen LogP contribution in [0.4, 0.5) is 0 Å². The maximum Gasteiger partial charge on any atom is 0.312 e. The highest BCUT2D eigenvalue weighted by Crippen LogP contribution is 2.27. The number of aryl methyl sites for hydroxylation is 2. The van der Waals surface area contributed by atoms with Gasteiger partial charge < -0.3 is 19.7 Å². The van der Waals surface area contributed by atoms with E-state index in [0.717, 1.165) is 43.1 Å². The molecular formula is C40H47BrN2O8. The lowest BCUT2D eigenvalue weighted by atomic mass is 9.92. The van der Waals surface area contributed by atoms with Gasteiger partial charge in [-0.05, 0) is 102 Å². The van der Waals surface area contributed by atoms with Gasteiger partial charge in [-0.15, -0.1) is 6.58 Å². The maximum absolute atomic E-state index is 11.2. The van der Waals surface area contributed by atoms with Gasteiger partial charge in [-0.1, -0.05) is 52.4 Å². The van der Waals surface area contributed by atoms with Gasteiger partial charge in [0.05, 0.1) is 33.3 Å². The first-order valence-electron chi connectivity index (χ1n) is 16.2. The molecule has 0 amide bonds. The van der Waals surface area contributed by atoms with Crippen LogP contribution in [0.2, 0.25) is 0 Å². The fourth-order valence-electron chi connectivity index (χ4n) is 4.48. The molecule has 0 bridgehead atoms. The molecule has 2 N–H and O–H groups in total. The van der Waals surface area contributed by atoms with Gasteiger partial charge in [-0.3, -0.25) is 19.2 Å². The third kappa shape index (κ3) is 12.4. The van der Waals surface area contributed by atoms with E-state index in [2.05, 4.69) is 38.5 Å². The number of rotatable bonds is 9. The Morgan fingerprint density at radius 3 is 1.57 bits per heavy atom. The van der Waals surface area contributed by atoms with Gasteiger partial charge >= 0.3 is 23.9 Å². The third-order valence-electron chi connectivity index (χ3n) is 7.88. The highest BCUT2D eigenvalue weighted by Gasteiger charge is 2.23. The molecule has 0 aliphatic heterocycles. The summed E-state index contributed by atoms with van der Waals surface area (Å²) in [6.45, 7) is 20.3. The van der Waals surface area contributed by atoms with Gasteiger partial charge in [0, 0.05) is 29.1 Å². The minimum absolute atomic E-state index is 0.296. The number of carbonyl (C=O) groups excluding carboxylic acids is 2. The van der Waals surface area contributed by atoms with Gasteiger partial charge in [-0.2, -0.15) is 0 Å². The van der Waals surface area contributed by atoms with Crippen LogP contribution < -0.4 is 0 Å². The van der Waals surface area contributed by atoms with Crippen LogP contribution in [-0.4, -0.2) is 44.1 Å². The van der Waals surface area contributed by atoms with E-state index >= 15 is 0 Å². The van der Waals surface area contributed by atoms with Gasteiger partial charge in [-0.25, -0.2) is 9.97 Å². The number of aromatic nitrogens is 2. The Bertz CT molecular complexity index is 1970. The number of fused-ring (bicyclic) bond motifs is 2. The molecule has 272 valence electrons. The van der Waals surface area contributed by atoms with E-state index in [9.17, 15) is 24.3 Å². The van der Waals surface area contributed by atoms with Gasteiger partial charge in [0.2, 0.25) is 0 Å². The van der Waals surface area contributed by atoms with Crippen molar-refractivity contribution in [3.8, 4) is 0 Å². The van der Waals surface area contributed by atoms with Gasteiger partial charge in [0.25, 0.3) is 0 Å².